The van der Waals surface area contributed by atoms with Gasteiger partial charge in [-0.1, -0.05) is 25.8 Å². The van der Waals surface area contributed by atoms with Crippen molar-refractivity contribution in [3.63, 3.8) is 0 Å². The number of nitrogens with zero attached hydrogens (tertiary/aromatic N) is 3. The maximum Gasteiger partial charge on any atom is 0.407 e. The zero-order chi connectivity index (χ0) is 24.3. The van der Waals surface area contributed by atoms with Crippen LogP contribution in [0.15, 0.2) is 24.5 Å². The molecule has 0 saturated carbocycles. The Kier molecular flexibility index (Phi) is 9.24. The molecule has 1 aliphatic heterocycles. The molecule has 0 saturated heterocycles. The molecule has 0 spiro atoms. The average molecular weight is 473 g/mol. The molecule has 0 aromatic carbocycles. The second kappa shape index (κ2) is 12.6. The number of rotatable bonds is 12. The van der Waals surface area contributed by atoms with E-state index in [-0.39, 0.29) is 13.2 Å². The number of hydrogen-bond donors (Lipinski definition) is 4. The summed E-state index contributed by atoms with van der Waals surface area (Å²) in [6.07, 6.45) is 7.60. The number of unbranched alkanes of at least 4 members (excludes halogenated alkanes) is 2. The molecule has 184 valence electrons. The predicted molar refractivity (Wildman–Crippen MR) is 125 cm³/mol. The fraction of sp³-hybridized carbons (Fsp3) is 0.522. The van der Waals surface area contributed by atoms with E-state index in [1.165, 1.54) is 11.8 Å². The van der Waals surface area contributed by atoms with Crippen molar-refractivity contribution >= 4 is 23.8 Å². The first kappa shape index (κ1) is 25.0. The van der Waals surface area contributed by atoms with Crippen LogP contribution in [0.4, 0.5) is 10.6 Å². The van der Waals surface area contributed by atoms with Crippen molar-refractivity contribution in [3.05, 3.63) is 41.3 Å². The topological polar surface area (TPSA) is 147 Å². The number of amides is 2. The van der Waals surface area contributed by atoms with Gasteiger partial charge in [-0.2, -0.15) is 5.10 Å². The Hall–Kier alpha value is -3.63. The molecule has 0 radical (unpaired) electrons. The number of anilines is 1. The minimum atomic E-state index is -1.30. The molecule has 2 amide bonds. The Morgan fingerprint density at radius 3 is 2.94 bits per heavy atom. The standard InChI is InChI=1S/C23H32N6O5/c1-2-3-4-12-34-23(33)28-19(22(31)32)14-25-21(30)17-13-26-29(15-17)11-9-18-8-7-16-6-5-10-24-20(16)27-18/h7-8,13,15,19H,2-6,9-12,14H2,1H3,(H,24,27)(H,25,30)(H,28,33)(H,31,32)/t19-/m0/s1. The Labute approximate surface area is 198 Å². The molecule has 0 aliphatic carbocycles. The molecule has 2 aromatic heterocycles. The molecular weight excluding hydrogens is 440 g/mol. The van der Waals surface area contributed by atoms with Crippen molar-refractivity contribution in [1.29, 1.82) is 0 Å². The van der Waals surface area contributed by atoms with Crippen molar-refractivity contribution in [1.82, 2.24) is 25.4 Å². The molecule has 3 rings (SSSR count). The van der Waals surface area contributed by atoms with Crippen LogP contribution in [0.25, 0.3) is 0 Å². The number of hydrogen-bond acceptors (Lipinski definition) is 7. The molecule has 0 bridgehead atoms. The lowest BCUT2D eigenvalue weighted by molar-refractivity contribution is -0.139. The quantitative estimate of drug-likeness (QED) is 0.343. The van der Waals surface area contributed by atoms with E-state index >= 15 is 0 Å². The van der Waals surface area contributed by atoms with Crippen LogP contribution in [0.2, 0.25) is 0 Å². The van der Waals surface area contributed by atoms with E-state index in [0.29, 0.717) is 24.9 Å². The molecule has 0 unspecified atom stereocenters. The van der Waals surface area contributed by atoms with Crippen LogP contribution in [-0.4, -0.2) is 63.6 Å². The zero-order valence-electron chi connectivity index (χ0n) is 19.4. The molecule has 34 heavy (non-hydrogen) atoms. The van der Waals surface area contributed by atoms with Gasteiger partial charge in [-0.05, 0) is 30.9 Å². The highest BCUT2D eigenvalue weighted by molar-refractivity contribution is 5.94. The summed E-state index contributed by atoms with van der Waals surface area (Å²) < 4.78 is 6.61. The summed E-state index contributed by atoms with van der Waals surface area (Å²) in [5.41, 5.74) is 2.46. The van der Waals surface area contributed by atoms with Crippen molar-refractivity contribution in [2.24, 2.45) is 0 Å². The molecule has 4 N–H and O–H groups in total. The van der Waals surface area contributed by atoms with Gasteiger partial charge >= 0.3 is 12.1 Å². The smallest absolute Gasteiger partial charge is 0.407 e. The Morgan fingerprint density at radius 1 is 1.29 bits per heavy atom. The summed E-state index contributed by atoms with van der Waals surface area (Å²) in [7, 11) is 0. The molecule has 2 aromatic rings. The van der Waals surface area contributed by atoms with Gasteiger partial charge in [0.1, 0.15) is 11.9 Å². The van der Waals surface area contributed by atoms with Gasteiger partial charge in [0.25, 0.3) is 5.91 Å². The average Bonchev–Trinajstić information content (AvgIpc) is 3.32. The minimum Gasteiger partial charge on any atom is -0.480 e. The minimum absolute atomic E-state index is 0.217. The third-order valence-electron chi connectivity index (χ3n) is 5.48. The SMILES string of the molecule is CCCCCOC(=O)N[C@@H](CNC(=O)c1cnn(CCc2ccc3c(n2)NCCC3)c1)C(=O)O. The number of carbonyl (C=O) groups excluding carboxylic acids is 2. The van der Waals surface area contributed by atoms with Gasteiger partial charge in [0.15, 0.2) is 0 Å². The molecular formula is C23H32N6O5. The van der Waals surface area contributed by atoms with Crippen LogP contribution >= 0.6 is 0 Å². The molecule has 0 fully saturated rings. The van der Waals surface area contributed by atoms with Crippen LogP contribution in [0.3, 0.4) is 0 Å². The lowest BCUT2D eigenvalue weighted by Gasteiger charge is -2.17. The number of pyridine rings is 1. The van der Waals surface area contributed by atoms with E-state index in [1.54, 1.807) is 10.9 Å². The predicted octanol–water partition coefficient (Wildman–Crippen LogP) is 1.98. The van der Waals surface area contributed by atoms with Crippen LogP contribution in [0, 0.1) is 0 Å². The number of carboxylic acids is 1. The Balaban J connectivity index is 1.45. The second-order valence-corrected chi connectivity index (χ2v) is 8.17. The number of fused-ring (bicyclic) bond motifs is 1. The second-order valence-electron chi connectivity index (χ2n) is 8.17. The van der Waals surface area contributed by atoms with E-state index in [1.807, 2.05) is 13.0 Å². The first-order valence-corrected chi connectivity index (χ1v) is 11.7. The Morgan fingerprint density at radius 2 is 2.15 bits per heavy atom. The summed E-state index contributed by atoms with van der Waals surface area (Å²) in [4.78, 5) is 40.3. The summed E-state index contributed by atoms with van der Waals surface area (Å²) in [6.45, 7) is 3.43. The number of ether oxygens (including phenoxy) is 1. The van der Waals surface area contributed by atoms with Crippen LogP contribution in [0.1, 0.15) is 54.2 Å². The maximum absolute atomic E-state index is 12.4. The van der Waals surface area contributed by atoms with Crippen LogP contribution < -0.4 is 16.0 Å². The number of carbonyl (C=O) groups is 3. The summed E-state index contributed by atoms with van der Waals surface area (Å²) >= 11 is 0. The van der Waals surface area contributed by atoms with E-state index in [2.05, 4.69) is 32.1 Å². The normalized spacial score (nSPS) is 13.3. The summed E-state index contributed by atoms with van der Waals surface area (Å²) in [5.74, 6) is -0.809. The number of aromatic nitrogens is 3. The molecule has 11 heteroatoms. The summed E-state index contributed by atoms with van der Waals surface area (Å²) in [6, 6.07) is 2.80. The van der Waals surface area contributed by atoms with Crippen molar-refractivity contribution < 1.29 is 24.2 Å². The Bertz CT molecular complexity index is 992. The van der Waals surface area contributed by atoms with Gasteiger partial charge in [0.05, 0.1) is 18.4 Å². The monoisotopic (exact) mass is 472 g/mol. The van der Waals surface area contributed by atoms with Gasteiger partial charge in [-0.25, -0.2) is 14.6 Å². The first-order valence-electron chi connectivity index (χ1n) is 11.7. The number of aliphatic carboxylic acids is 1. The maximum atomic E-state index is 12.4. The number of nitrogens with one attached hydrogen (secondary N) is 3. The lowest BCUT2D eigenvalue weighted by Crippen LogP contribution is -2.48. The van der Waals surface area contributed by atoms with E-state index in [9.17, 15) is 19.5 Å². The van der Waals surface area contributed by atoms with E-state index < -0.39 is 24.0 Å². The van der Waals surface area contributed by atoms with Gasteiger partial charge in [-0.15, -0.1) is 0 Å². The molecule has 3 heterocycles. The fourth-order valence-electron chi connectivity index (χ4n) is 3.54. The molecule has 1 aliphatic rings. The van der Waals surface area contributed by atoms with Crippen LogP contribution in [-0.2, 0) is 28.9 Å². The molecule has 11 nitrogen and oxygen atoms in total. The van der Waals surface area contributed by atoms with Crippen molar-refractivity contribution in [3.8, 4) is 0 Å². The number of carboxylic acid groups (broad SMARTS) is 1. The number of aryl methyl sites for hydroxylation is 3. The summed E-state index contributed by atoms with van der Waals surface area (Å²) in [5, 5.41) is 21.6. The third kappa shape index (κ3) is 7.46. The van der Waals surface area contributed by atoms with Crippen molar-refractivity contribution in [2.45, 2.75) is 58.0 Å². The first-order chi connectivity index (χ1) is 16.5. The lowest BCUT2D eigenvalue weighted by atomic mass is 10.1. The van der Waals surface area contributed by atoms with Gasteiger partial charge in [0.2, 0.25) is 0 Å². The van der Waals surface area contributed by atoms with Gasteiger partial charge in [-0.3, -0.25) is 9.48 Å². The highest BCUT2D eigenvalue weighted by Crippen LogP contribution is 2.19. The van der Waals surface area contributed by atoms with Gasteiger partial charge < -0.3 is 25.8 Å². The number of alkyl carbamates (subject to hydrolysis) is 1. The fourth-order valence-corrected chi connectivity index (χ4v) is 3.54. The van der Waals surface area contributed by atoms with Gasteiger partial charge in [0, 0.05) is 37.9 Å². The van der Waals surface area contributed by atoms with Crippen LogP contribution in [0.5, 0.6) is 0 Å². The van der Waals surface area contributed by atoms with E-state index in [4.69, 9.17) is 4.74 Å². The largest absolute Gasteiger partial charge is 0.480 e. The molecule has 1 atom stereocenters. The van der Waals surface area contributed by atoms with Crippen molar-refractivity contribution in [2.75, 3.05) is 25.0 Å². The van der Waals surface area contributed by atoms with E-state index in [0.717, 1.165) is 43.7 Å². The third-order valence-corrected chi connectivity index (χ3v) is 5.48. The highest BCUT2D eigenvalue weighted by Gasteiger charge is 2.22. The zero-order valence-corrected chi connectivity index (χ0v) is 19.4. The highest BCUT2D eigenvalue weighted by atomic mass is 16.5.